The van der Waals surface area contributed by atoms with Crippen molar-refractivity contribution in [2.75, 3.05) is 10.6 Å². The molecule has 0 radical (unpaired) electrons. The minimum atomic E-state index is -0.775. The van der Waals surface area contributed by atoms with Gasteiger partial charge in [-0.05, 0) is 46.6 Å². The average Bonchev–Trinajstić information content (AvgIpc) is 2.72. The summed E-state index contributed by atoms with van der Waals surface area (Å²) < 4.78 is 0.808. The maximum Gasteiger partial charge on any atom is 0.254 e. The first-order valence-corrected chi connectivity index (χ1v) is 8.44. The van der Waals surface area contributed by atoms with E-state index in [1.54, 1.807) is 42.6 Å². The van der Waals surface area contributed by atoms with Crippen LogP contribution in [-0.2, 0) is 9.59 Å². The fraction of sp³-hybridized carbons (Fsp3) is 0.176. The van der Waals surface area contributed by atoms with Crippen LogP contribution in [0.1, 0.15) is 23.2 Å². The van der Waals surface area contributed by atoms with Gasteiger partial charge >= 0.3 is 0 Å². The fourth-order valence-electron chi connectivity index (χ4n) is 2.45. The van der Waals surface area contributed by atoms with Crippen LogP contribution in [0.5, 0.6) is 0 Å². The monoisotopic (exact) mass is 402 g/mol. The van der Waals surface area contributed by atoms with Gasteiger partial charge in [0, 0.05) is 17.1 Å². The molecule has 1 aliphatic heterocycles. The Labute approximate surface area is 152 Å². The number of hydrogen-bond donors (Lipinski definition) is 3. The number of anilines is 2. The lowest BCUT2D eigenvalue weighted by Crippen LogP contribution is -2.41. The highest BCUT2D eigenvalue weighted by Gasteiger charge is 2.27. The first kappa shape index (κ1) is 17.1. The molecule has 8 heteroatoms. The van der Waals surface area contributed by atoms with Crippen molar-refractivity contribution >= 4 is 45.2 Å². The summed E-state index contributed by atoms with van der Waals surface area (Å²) in [6.07, 6.45) is 1.84. The van der Waals surface area contributed by atoms with Crippen LogP contribution in [0.25, 0.3) is 0 Å². The molecular weight excluding hydrogens is 388 g/mol. The van der Waals surface area contributed by atoms with Gasteiger partial charge in [0.1, 0.15) is 11.9 Å². The summed E-state index contributed by atoms with van der Waals surface area (Å²) in [7, 11) is 0. The maximum absolute atomic E-state index is 12.3. The Hall–Kier alpha value is -2.74. The SMILES string of the molecule is O=C(CCC1NC(=O)c2ccccc2NC1=O)Nc1ccc(Br)cn1. The summed E-state index contributed by atoms with van der Waals surface area (Å²) in [4.78, 5) is 40.5. The highest BCUT2D eigenvalue weighted by Crippen LogP contribution is 2.19. The van der Waals surface area contributed by atoms with E-state index in [2.05, 4.69) is 36.9 Å². The van der Waals surface area contributed by atoms with Crippen LogP contribution >= 0.6 is 15.9 Å². The second kappa shape index (κ2) is 7.43. The fourth-order valence-corrected chi connectivity index (χ4v) is 2.68. The number of para-hydroxylation sites is 1. The van der Waals surface area contributed by atoms with Gasteiger partial charge in [0.2, 0.25) is 11.8 Å². The molecule has 0 aliphatic carbocycles. The zero-order valence-electron chi connectivity index (χ0n) is 13.1. The van der Waals surface area contributed by atoms with Crippen molar-refractivity contribution in [3.8, 4) is 0 Å². The molecule has 0 bridgehead atoms. The topological polar surface area (TPSA) is 100 Å². The minimum absolute atomic E-state index is 0.0758. The van der Waals surface area contributed by atoms with E-state index in [1.165, 1.54) is 0 Å². The van der Waals surface area contributed by atoms with Crippen LogP contribution in [0.2, 0.25) is 0 Å². The quantitative estimate of drug-likeness (QED) is 0.730. The summed E-state index contributed by atoms with van der Waals surface area (Å²) in [5.41, 5.74) is 0.873. The standard InChI is InChI=1S/C17H15BrN4O3/c18-10-5-7-14(19-9-10)22-15(23)8-6-13-17(25)20-12-4-2-1-3-11(12)16(24)21-13/h1-5,7,9,13H,6,8H2,(H,20,25)(H,21,24)(H,19,22,23). The molecule has 1 aromatic carbocycles. The number of nitrogens with zero attached hydrogens (tertiary/aromatic N) is 1. The number of aromatic nitrogens is 1. The first-order chi connectivity index (χ1) is 12.0. The summed E-state index contributed by atoms with van der Waals surface area (Å²) in [5, 5.41) is 8.02. The van der Waals surface area contributed by atoms with Gasteiger partial charge in [0.15, 0.2) is 0 Å². The second-order valence-corrected chi connectivity index (χ2v) is 6.43. The van der Waals surface area contributed by atoms with Crippen LogP contribution in [0.4, 0.5) is 11.5 Å². The van der Waals surface area contributed by atoms with Gasteiger partial charge in [-0.3, -0.25) is 14.4 Å². The molecule has 7 nitrogen and oxygen atoms in total. The van der Waals surface area contributed by atoms with Gasteiger partial charge in [-0.15, -0.1) is 0 Å². The van der Waals surface area contributed by atoms with Crippen LogP contribution in [0.3, 0.4) is 0 Å². The molecule has 128 valence electrons. The van der Waals surface area contributed by atoms with Gasteiger partial charge in [-0.25, -0.2) is 4.98 Å². The molecule has 25 heavy (non-hydrogen) atoms. The lowest BCUT2D eigenvalue weighted by atomic mass is 10.1. The molecule has 0 saturated carbocycles. The van der Waals surface area contributed by atoms with Crippen molar-refractivity contribution in [2.45, 2.75) is 18.9 Å². The Morgan fingerprint density at radius 2 is 2.00 bits per heavy atom. The number of pyridine rings is 1. The summed E-state index contributed by atoms with van der Waals surface area (Å²) in [5.74, 6) is -0.532. The number of benzene rings is 1. The van der Waals surface area contributed by atoms with Gasteiger partial charge in [-0.1, -0.05) is 12.1 Å². The molecule has 1 aliphatic rings. The van der Waals surface area contributed by atoms with Crippen LogP contribution in [0, 0.1) is 0 Å². The van der Waals surface area contributed by atoms with Gasteiger partial charge in [-0.2, -0.15) is 0 Å². The number of carbonyl (C=O) groups excluding carboxylic acids is 3. The number of rotatable bonds is 4. The maximum atomic E-state index is 12.3. The Morgan fingerprint density at radius 1 is 1.20 bits per heavy atom. The zero-order valence-corrected chi connectivity index (χ0v) is 14.7. The number of halogens is 1. The van der Waals surface area contributed by atoms with E-state index < -0.39 is 6.04 Å². The van der Waals surface area contributed by atoms with Crippen LogP contribution < -0.4 is 16.0 Å². The lowest BCUT2D eigenvalue weighted by Gasteiger charge is -2.14. The molecule has 0 spiro atoms. The predicted octanol–water partition coefficient (Wildman–Crippen LogP) is 2.31. The molecule has 0 fully saturated rings. The third-order valence-corrected chi connectivity index (χ3v) is 4.18. The molecule has 1 unspecified atom stereocenters. The largest absolute Gasteiger partial charge is 0.340 e. The Balaban J connectivity index is 1.59. The molecule has 3 rings (SSSR count). The lowest BCUT2D eigenvalue weighted by molar-refractivity contribution is -0.118. The smallest absolute Gasteiger partial charge is 0.254 e. The highest BCUT2D eigenvalue weighted by atomic mass is 79.9. The van der Waals surface area contributed by atoms with Crippen molar-refractivity contribution in [1.82, 2.24) is 10.3 Å². The third-order valence-electron chi connectivity index (χ3n) is 3.71. The number of amides is 3. The Kier molecular flexibility index (Phi) is 5.08. The first-order valence-electron chi connectivity index (χ1n) is 7.65. The van der Waals surface area contributed by atoms with Crippen LogP contribution in [-0.4, -0.2) is 28.7 Å². The molecule has 1 aromatic heterocycles. The van der Waals surface area contributed by atoms with E-state index in [4.69, 9.17) is 0 Å². The van der Waals surface area contributed by atoms with Crippen molar-refractivity contribution in [2.24, 2.45) is 0 Å². The summed E-state index contributed by atoms with van der Waals surface area (Å²) >= 11 is 3.27. The number of nitrogens with one attached hydrogen (secondary N) is 3. The molecule has 1 atom stereocenters. The summed E-state index contributed by atoms with van der Waals surface area (Å²) in [6.45, 7) is 0. The summed E-state index contributed by atoms with van der Waals surface area (Å²) in [6, 6.07) is 9.43. The molecule has 0 saturated heterocycles. The Bertz CT molecular complexity index is 823. The molecular formula is C17H15BrN4O3. The van der Waals surface area contributed by atoms with E-state index >= 15 is 0 Å². The van der Waals surface area contributed by atoms with E-state index in [0.29, 0.717) is 17.1 Å². The second-order valence-electron chi connectivity index (χ2n) is 5.51. The number of carbonyl (C=O) groups is 3. The van der Waals surface area contributed by atoms with Gasteiger partial charge in [0.25, 0.3) is 5.91 Å². The minimum Gasteiger partial charge on any atom is -0.340 e. The average molecular weight is 403 g/mol. The van der Waals surface area contributed by atoms with Crippen molar-refractivity contribution in [3.63, 3.8) is 0 Å². The van der Waals surface area contributed by atoms with Crippen LogP contribution in [0.15, 0.2) is 47.1 Å². The number of hydrogen-bond acceptors (Lipinski definition) is 4. The molecule has 2 heterocycles. The normalized spacial score (nSPS) is 16.3. The van der Waals surface area contributed by atoms with Gasteiger partial charge in [0.05, 0.1) is 11.3 Å². The van der Waals surface area contributed by atoms with Crippen molar-refractivity contribution < 1.29 is 14.4 Å². The van der Waals surface area contributed by atoms with E-state index in [1.807, 2.05) is 0 Å². The predicted molar refractivity (Wildman–Crippen MR) is 96.1 cm³/mol. The van der Waals surface area contributed by atoms with Crippen molar-refractivity contribution in [1.29, 1.82) is 0 Å². The molecule has 3 N–H and O–H groups in total. The zero-order chi connectivity index (χ0) is 17.8. The molecule has 2 aromatic rings. The van der Waals surface area contributed by atoms with E-state index in [-0.39, 0.29) is 30.6 Å². The van der Waals surface area contributed by atoms with E-state index in [0.717, 1.165) is 4.47 Å². The highest BCUT2D eigenvalue weighted by molar-refractivity contribution is 9.10. The van der Waals surface area contributed by atoms with Crippen molar-refractivity contribution in [3.05, 3.63) is 52.6 Å². The molecule has 3 amide bonds. The van der Waals surface area contributed by atoms with Gasteiger partial charge < -0.3 is 16.0 Å². The third kappa shape index (κ3) is 4.21. The number of fused-ring (bicyclic) bond motifs is 1. The van der Waals surface area contributed by atoms with E-state index in [9.17, 15) is 14.4 Å². The Morgan fingerprint density at radius 3 is 2.76 bits per heavy atom.